The van der Waals surface area contributed by atoms with Crippen LogP contribution >= 0.6 is 12.4 Å². The van der Waals surface area contributed by atoms with Gasteiger partial charge in [-0.15, -0.1) is 12.4 Å². The summed E-state index contributed by atoms with van der Waals surface area (Å²) in [4.78, 5) is 2.49. The molecule has 2 rings (SSSR count). The molecule has 23 heavy (non-hydrogen) atoms. The Hall–Kier alpha value is -0.780. The molecule has 0 aliphatic carbocycles. The summed E-state index contributed by atoms with van der Waals surface area (Å²) in [7, 11) is 0. The van der Waals surface area contributed by atoms with Crippen molar-refractivity contribution in [3.8, 4) is 5.88 Å². The number of rotatable bonds is 7. The molecule has 0 radical (unpaired) electrons. The lowest BCUT2D eigenvalue weighted by Gasteiger charge is -2.22. The van der Waals surface area contributed by atoms with Crippen LogP contribution in [-0.4, -0.2) is 40.9 Å². The summed E-state index contributed by atoms with van der Waals surface area (Å²) < 4.78 is 7.97. The number of nitrogens with zero attached hydrogens (tertiary/aromatic N) is 3. The predicted molar refractivity (Wildman–Crippen MR) is 97.3 cm³/mol. The molecule has 0 bridgehead atoms. The lowest BCUT2D eigenvalue weighted by atomic mass is 9.90. The molecular weight excluding hydrogens is 312 g/mol. The zero-order valence-electron chi connectivity index (χ0n) is 15.3. The van der Waals surface area contributed by atoms with Crippen LogP contribution in [0.3, 0.4) is 0 Å². The smallest absolute Gasteiger partial charge is 0.216 e. The third-order valence-electron chi connectivity index (χ3n) is 4.53. The minimum atomic E-state index is 0. The molecule has 1 atom stereocenters. The van der Waals surface area contributed by atoms with Crippen molar-refractivity contribution in [3.63, 3.8) is 0 Å². The van der Waals surface area contributed by atoms with Gasteiger partial charge < -0.3 is 10.5 Å². The van der Waals surface area contributed by atoms with E-state index in [1.165, 1.54) is 12.0 Å². The van der Waals surface area contributed by atoms with Gasteiger partial charge >= 0.3 is 0 Å². The van der Waals surface area contributed by atoms with Gasteiger partial charge in [0.05, 0.1) is 17.9 Å². The van der Waals surface area contributed by atoms with Gasteiger partial charge in [-0.05, 0) is 44.7 Å². The van der Waals surface area contributed by atoms with Crippen LogP contribution in [0.15, 0.2) is 0 Å². The Balaban J connectivity index is 0.00000264. The Kier molecular flexibility index (Phi) is 7.36. The number of aromatic nitrogens is 2. The molecule has 134 valence electrons. The van der Waals surface area contributed by atoms with E-state index in [0.717, 1.165) is 44.3 Å². The number of hydrogen-bond donors (Lipinski definition) is 1. The van der Waals surface area contributed by atoms with Crippen molar-refractivity contribution in [2.75, 3.05) is 26.2 Å². The summed E-state index contributed by atoms with van der Waals surface area (Å²) >= 11 is 0. The van der Waals surface area contributed by atoms with Gasteiger partial charge in [0, 0.05) is 19.6 Å². The summed E-state index contributed by atoms with van der Waals surface area (Å²) in [6.07, 6.45) is 1.17. The van der Waals surface area contributed by atoms with E-state index in [4.69, 9.17) is 15.6 Å². The topological polar surface area (TPSA) is 56.3 Å². The summed E-state index contributed by atoms with van der Waals surface area (Å²) in [5, 5.41) is 4.71. The number of halogens is 1. The second-order valence-electron chi connectivity index (χ2n) is 7.35. The van der Waals surface area contributed by atoms with Crippen LogP contribution in [0, 0.1) is 18.3 Å². The van der Waals surface area contributed by atoms with Crippen molar-refractivity contribution in [2.45, 2.75) is 54.1 Å². The Morgan fingerprint density at radius 3 is 2.61 bits per heavy atom. The fourth-order valence-corrected chi connectivity index (χ4v) is 3.20. The normalized spacial score (nSPS) is 21.7. The second-order valence-corrected chi connectivity index (χ2v) is 7.35. The second kappa shape index (κ2) is 8.36. The minimum absolute atomic E-state index is 0. The molecule has 1 aliphatic heterocycles. The Morgan fingerprint density at radius 2 is 2.09 bits per heavy atom. The number of nitrogens with two attached hydrogens (primary N) is 1. The third kappa shape index (κ3) is 4.85. The van der Waals surface area contributed by atoms with E-state index in [2.05, 4.69) is 32.6 Å². The maximum atomic E-state index is 5.93. The van der Waals surface area contributed by atoms with Crippen molar-refractivity contribution in [2.24, 2.45) is 17.1 Å². The van der Waals surface area contributed by atoms with Crippen LogP contribution in [-0.2, 0) is 13.1 Å². The van der Waals surface area contributed by atoms with E-state index < -0.39 is 0 Å². The highest BCUT2D eigenvalue weighted by Crippen LogP contribution is 2.32. The van der Waals surface area contributed by atoms with Crippen molar-refractivity contribution < 1.29 is 4.74 Å². The van der Waals surface area contributed by atoms with E-state index in [9.17, 15) is 0 Å². The van der Waals surface area contributed by atoms with Gasteiger partial charge in [0.15, 0.2) is 0 Å². The standard InChI is InChI=1S/C17H32N4O.ClH/c1-6-22-16-15(14(4)19-21(16)9-13(2)3)10-20-8-7-17(5,11-18)12-20;/h13H,6-12,18H2,1-5H3;1H. The first-order valence-electron chi connectivity index (χ1n) is 8.50. The van der Waals surface area contributed by atoms with Gasteiger partial charge in [0.1, 0.15) is 0 Å². The molecule has 1 fully saturated rings. The van der Waals surface area contributed by atoms with E-state index in [-0.39, 0.29) is 17.8 Å². The van der Waals surface area contributed by atoms with Crippen molar-refractivity contribution in [1.82, 2.24) is 14.7 Å². The number of hydrogen-bond acceptors (Lipinski definition) is 4. The Bertz CT molecular complexity index is 503. The maximum Gasteiger partial charge on any atom is 0.216 e. The van der Waals surface area contributed by atoms with Crippen molar-refractivity contribution in [3.05, 3.63) is 11.3 Å². The molecule has 0 aromatic carbocycles. The average molecular weight is 345 g/mol. The highest BCUT2D eigenvalue weighted by atomic mass is 35.5. The van der Waals surface area contributed by atoms with Crippen molar-refractivity contribution in [1.29, 1.82) is 0 Å². The molecule has 2 N–H and O–H groups in total. The van der Waals surface area contributed by atoms with E-state index in [1.807, 2.05) is 11.6 Å². The zero-order chi connectivity index (χ0) is 16.3. The predicted octanol–water partition coefficient (Wildman–Crippen LogP) is 2.84. The van der Waals surface area contributed by atoms with Crippen LogP contribution in [0.1, 0.15) is 45.4 Å². The lowest BCUT2D eigenvalue weighted by molar-refractivity contribution is 0.258. The van der Waals surface area contributed by atoms with Crippen LogP contribution in [0.5, 0.6) is 5.88 Å². The summed E-state index contributed by atoms with van der Waals surface area (Å²) in [5.41, 5.74) is 8.51. The molecule has 0 spiro atoms. The quantitative estimate of drug-likeness (QED) is 0.826. The lowest BCUT2D eigenvalue weighted by Crippen LogP contribution is -2.31. The molecule has 0 saturated carbocycles. The highest BCUT2D eigenvalue weighted by molar-refractivity contribution is 5.85. The number of aryl methyl sites for hydroxylation is 1. The minimum Gasteiger partial charge on any atom is -0.478 e. The van der Waals surface area contributed by atoms with Crippen molar-refractivity contribution >= 4 is 12.4 Å². The van der Waals surface area contributed by atoms with Gasteiger partial charge in [-0.2, -0.15) is 5.10 Å². The Labute approximate surface area is 147 Å². The van der Waals surface area contributed by atoms with Gasteiger partial charge in [0.2, 0.25) is 5.88 Å². The molecule has 1 aliphatic rings. The summed E-state index contributed by atoms with van der Waals surface area (Å²) in [6.45, 7) is 16.2. The monoisotopic (exact) mass is 344 g/mol. The molecule has 1 aromatic heterocycles. The molecule has 2 heterocycles. The van der Waals surface area contributed by atoms with E-state index in [1.54, 1.807) is 0 Å². The molecule has 1 saturated heterocycles. The van der Waals surface area contributed by atoms with Crippen LogP contribution in [0.4, 0.5) is 0 Å². The van der Waals surface area contributed by atoms with Crippen LogP contribution < -0.4 is 10.5 Å². The fourth-order valence-electron chi connectivity index (χ4n) is 3.20. The summed E-state index contributed by atoms with van der Waals surface area (Å²) in [6, 6.07) is 0. The third-order valence-corrected chi connectivity index (χ3v) is 4.53. The van der Waals surface area contributed by atoms with E-state index in [0.29, 0.717) is 12.5 Å². The SMILES string of the molecule is CCOc1c(CN2CCC(C)(CN)C2)c(C)nn1CC(C)C.Cl. The largest absolute Gasteiger partial charge is 0.478 e. The number of likely N-dealkylation sites (tertiary alicyclic amines) is 1. The maximum absolute atomic E-state index is 5.93. The van der Waals surface area contributed by atoms with Gasteiger partial charge in [0.25, 0.3) is 0 Å². The Morgan fingerprint density at radius 1 is 1.39 bits per heavy atom. The van der Waals surface area contributed by atoms with Gasteiger partial charge in [-0.3, -0.25) is 4.90 Å². The number of ether oxygens (including phenoxy) is 1. The summed E-state index contributed by atoms with van der Waals surface area (Å²) in [5.74, 6) is 1.51. The van der Waals surface area contributed by atoms with E-state index >= 15 is 0 Å². The fraction of sp³-hybridized carbons (Fsp3) is 0.824. The average Bonchev–Trinajstić information content (AvgIpc) is 2.95. The highest BCUT2D eigenvalue weighted by Gasteiger charge is 2.33. The molecule has 1 aromatic rings. The molecular formula is C17H33ClN4O. The molecule has 1 unspecified atom stereocenters. The van der Waals surface area contributed by atoms with Gasteiger partial charge in [-0.25, -0.2) is 4.68 Å². The first-order chi connectivity index (χ1) is 10.4. The molecule has 5 nitrogen and oxygen atoms in total. The first kappa shape index (κ1) is 20.3. The zero-order valence-corrected chi connectivity index (χ0v) is 16.1. The molecule has 0 amide bonds. The van der Waals surface area contributed by atoms with Crippen LogP contribution in [0.25, 0.3) is 0 Å². The molecule has 6 heteroatoms. The van der Waals surface area contributed by atoms with Crippen LogP contribution in [0.2, 0.25) is 0 Å². The first-order valence-corrected chi connectivity index (χ1v) is 8.50. The van der Waals surface area contributed by atoms with Gasteiger partial charge in [-0.1, -0.05) is 20.8 Å².